The lowest BCUT2D eigenvalue weighted by atomic mass is 10.00. The molecule has 0 saturated carbocycles. The quantitative estimate of drug-likeness (QED) is 0.727. The van der Waals surface area contributed by atoms with Crippen LogP contribution < -0.4 is 5.73 Å². The average molecular weight is 181 g/mol. The predicted octanol–water partition coefficient (Wildman–Crippen LogP) is 0.626. The molecule has 0 aliphatic carbocycles. The Morgan fingerprint density at radius 3 is 3.15 bits per heavy atom. The van der Waals surface area contributed by atoms with E-state index in [1.165, 1.54) is 0 Å². The number of aromatic nitrogens is 1. The number of oxazole rings is 1. The van der Waals surface area contributed by atoms with E-state index in [-0.39, 0.29) is 6.04 Å². The fourth-order valence-corrected chi connectivity index (χ4v) is 1.86. The number of likely N-dealkylation sites (tertiary alicyclic amines) is 1. The molecule has 2 N–H and O–H groups in total. The summed E-state index contributed by atoms with van der Waals surface area (Å²) in [6.07, 6.45) is 4.36. The maximum Gasteiger partial charge on any atom is 0.211 e. The molecule has 1 aromatic rings. The first-order valence-corrected chi connectivity index (χ1v) is 4.61. The first-order valence-electron chi connectivity index (χ1n) is 4.61. The van der Waals surface area contributed by atoms with Crippen molar-refractivity contribution in [1.29, 1.82) is 0 Å². The van der Waals surface area contributed by atoms with Gasteiger partial charge in [0.25, 0.3) is 0 Å². The number of hydrogen-bond donors (Lipinski definition) is 1. The molecule has 1 aromatic heterocycles. The van der Waals surface area contributed by atoms with Crippen LogP contribution in [0.1, 0.15) is 18.4 Å². The van der Waals surface area contributed by atoms with Crippen molar-refractivity contribution < 1.29 is 4.42 Å². The van der Waals surface area contributed by atoms with Crippen molar-refractivity contribution in [3.63, 3.8) is 0 Å². The standard InChI is InChI=1S/C9H15N3O/c1-12-4-2-7(6-12)8(10)9-11-3-5-13-9/h3,5,7-8H,2,4,6,10H2,1H3/t7-,8?/m1/s1. The summed E-state index contributed by atoms with van der Waals surface area (Å²) in [5, 5.41) is 0. The Bertz CT molecular complexity index is 260. The Morgan fingerprint density at radius 2 is 2.62 bits per heavy atom. The molecule has 4 nitrogen and oxygen atoms in total. The summed E-state index contributed by atoms with van der Waals surface area (Å²) in [5.74, 6) is 1.16. The smallest absolute Gasteiger partial charge is 0.211 e. The number of nitrogens with zero attached hydrogens (tertiary/aromatic N) is 2. The molecule has 1 saturated heterocycles. The highest BCUT2D eigenvalue weighted by atomic mass is 16.3. The Hall–Kier alpha value is -0.870. The highest BCUT2D eigenvalue weighted by Crippen LogP contribution is 2.26. The molecule has 1 unspecified atom stereocenters. The molecule has 13 heavy (non-hydrogen) atoms. The van der Waals surface area contributed by atoms with E-state index in [0.29, 0.717) is 11.8 Å². The van der Waals surface area contributed by atoms with Gasteiger partial charge in [-0.3, -0.25) is 0 Å². The van der Waals surface area contributed by atoms with Crippen molar-refractivity contribution in [3.05, 3.63) is 18.4 Å². The lowest BCUT2D eigenvalue weighted by molar-refractivity contribution is 0.336. The highest BCUT2D eigenvalue weighted by molar-refractivity contribution is 4.94. The van der Waals surface area contributed by atoms with Crippen LogP contribution in [0, 0.1) is 5.92 Å². The molecular formula is C9H15N3O. The summed E-state index contributed by atoms with van der Waals surface area (Å²) in [5.41, 5.74) is 6.02. The van der Waals surface area contributed by atoms with Crippen LogP contribution in [-0.2, 0) is 0 Å². The zero-order chi connectivity index (χ0) is 9.26. The second-order valence-corrected chi connectivity index (χ2v) is 3.71. The van der Waals surface area contributed by atoms with Crippen LogP contribution in [0.3, 0.4) is 0 Å². The molecule has 1 aliphatic rings. The average Bonchev–Trinajstić information content (AvgIpc) is 2.72. The molecule has 1 fully saturated rings. The lowest BCUT2D eigenvalue weighted by Gasteiger charge is -2.15. The van der Waals surface area contributed by atoms with Gasteiger partial charge in [0.2, 0.25) is 5.89 Å². The molecule has 0 spiro atoms. The largest absolute Gasteiger partial charge is 0.447 e. The molecule has 0 bridgehead atoms. The van der Waals surface area contributed by atoms with Gasteiger partial charge in [0.15, 0.2) is 0 Å². The van der Waals surface area contributed by atoms with Crippen molar-refractivity contribution >= 4 is 0 Å². The second-order valence-electron chi connectivity index (χ2n) is 3.71. The maximum atomic E-state index is 6.02. The van der Waals surface area contributed by atoms with Gasteiger partial charge in [-0.25, -0.2) is 4.98 Å². The van der Waals surface area contributed by atoms with Crippen molar-refractivity contribution in [3.8, 4) is 0 Å². The molecule has 2 heterocycles. The molecule has 0 amide bonds. The van der Waals surface area contributed by atoms with Crippen molar-refractivity contribution in [2.45, 2.75) is 12.5 Å². The minimum atomic E-state index is -0.0417. The fourth-order valence-electron chi connectivity index (χ4n) is 1.86. The third-order valence-corrected chi connectivity index (χ3v) is 2.67. The number of rotatable bonds is 2. The van der Waals surface area contributed by atoms with E-state index in [0.717, 1.165) is 19.5 Å². The van der Waals surface area contributed by atoms with Crippen molar-refractivity contribution in [2.24, 2.45) is 11.7 Å². The Morgan fingerprint density at radius 1 is 1.77 bits per heavy atom. The first kappa shape index (κ1) is 8.72. The van der Waals surface area contributed by atoms with Crippen LogP contribution in [0.5, 0.6) is 0 Å². The molecule has 2 atom stereocenters. The van der Waals surface area contributed by atoms with Crippen LogP contribution in [0.15, 0.2) is 16.9 Å². The van der Waals surface area contributed by atoms with E-state index in [2.05, 4.69) is 16.9 Å². The van der Waals surface area contributed by atoms with Crippen LogP contribution >= 0.6 is 0 Å². The van der Waals surface area contributed by atoms with E-state index < -0.39 is 0 Å². The molecule has 72 valence electrons. The summed E-state index contributed by atoms with van der Waals surface area (Å²) >= 11 is 0. The summed E-state index contributed by atoms with van der Waals surface area (Å²) < 4.78 is 5.19. The Balaban J connectivity index is 2.02. The number of hydrogen-bond acceptors (Lipinski definition) is 4. The minimum absolute atomic E-state index is 0.0417. The van der Waals surface area contributed by atoms with Gasteiger partial charge in [-0.1, -0.05) is 0 Å². The SMILES string of the molecule is CN1CC[C@@H](C(N)c2ncco2)C1. The van der Waals surface area contributed by atoms with Gasteiger partial charge in [-0.2, -0.15) is 0 Å². The van der Waals surface area contributed by atoms with Crippen LogP contribution in [0.2, 0.25) is 0 Å². The molecule has 1 aliphatic heterocycles. The summed E-state index contributed by atoms with van der Waals surface area (Å²) in [4.78, 5) is 6.36. The van der Waals surface area contributed by atoms with Crippen LogP contribution in [-0.4, -0.2) is 30.0 Å². The highest BCUT2D eigenvalue weighted by Gasteiger charge is 2.28. The summed E-state index contributed by atoms with van der Waals surface area (Å²) in [6, 6.07) is -0.0417. The monoisotopic (exact) mass is 181 g/mol. The van der Waals surface area contributed by atoms with E-state index in [1.807, 2.05) is 0 Å². The van der Waals surface area contributed by atoms with E-state index in [1.54, 1.807) is 12.5 Å². The molecule has 2 rings (SSSR count). The van der Waals surface area contributed by atoms with Gasteiger partial charge in [-0.15, -0.1) is 0 Å². The maximum absolute atomic E-state index is 6.02. The first-order chi connectivity index (χ1) is 6.27. The lowest BCUT2D eigenvalue weighted by Crippen LogP contribution is -2.24. The number of nitrogens with two attached hydrogens (primary N) is 1. The predicted molar refractivity (Wildman–Crippen MR) is 49.0 cm³/mol. The third kappa shape index (κ3) is 1.73. The zero-order valence-electron chi connectivity index (χ0n) is 7.81. The van der Waals surface area contributed by atoms with Gasteiger partial charge in [0.05, 0.1) is 12.2 Å². The van der Waals surface area contributed by atoms with Gasteiger partial charge in [-0.05, 0) is 25.9 Å². The molecular weight excluding hydrogens is 166 g/mol. The van der Waals surface area contributed by atoms with Gasteiger partial charge in [0, 0.05) is 6.54 Å². The van der Waals surface area contributed by atoms with Gasteiger partial charge in [0.1, 0.15) is 6.26 Å². The molecule has 0 aromatic carbocycles. The normalized spacial score (nSPS) is 26.5. The molecule has 0 radical (unpaired) electrons. The van der Waals surface area contributed by atoms with E-state index in [9.17, 15) is 0 Å². The minimum Gasteiger partial charge on any atom is -0.447 e. The van der Waals surface area contributed by atoms with Crippen molar-refractivity contribution in [2.75, 3.05) is 20.1 Å². The van der Waals surface area contributed by atoms with Gasteiger partial charge >= 0.3 is 0 Å². The third-order valence-electron chi connectivity index (χ3n) is 2.67. The fraction of sp³-hybridized carbons (Fsp3) is 0.667. The summed E-state index contributed by atoms with van der Waals surface area (Å²) in [6.45, 7) is 2.17. The second kappa shape index (κ2) is 3.47. The summed E-state index contributed by atoms with van der Waals surface area (Å²) in [7, 11) is 2.11. The van der Waals surface area contributed by atoms with E-state index in [4.69, 9.17) is 10.2 Å². The Labute approximate surface area is 77.7 Å². The van der Waals surface area contributed by atoms with Gasteiger partial charge < -0.3 is 15.1 Å². The Kier molecular flexibility index (Phi) is 2.33. The molecule has 4 heteroatoms. The van der Waals surface area contributed by atoms with E-state index >= 15 is 0 Å². The van der Waals surface area contributed by atoms with Crippen LogP contribution in [0.4, 0.5) is 0 Å². The topological polar surface area (TPSA) is 55.3 Å². The van der Waals surface area contributed by atoms with Crippen LogP contribution in [0.25, 0.3) is 0 Å². The zero-order valence-corrected chi connectivity index (χ0v) is 7.81. The van der Waals surface area contributed by atoms with Crippen molar-refractivity contribution in [1.82, 2.24) is 9.88 Å².